The van der Waals surface area contributed by atoms with E-state index in [1.54, 1.807) is 0 Å². The van der Waals surface area contributed by atoms with Gasteiger partial charge in [-0.1, -0.05) is 0 Å². The van der Waals surface area contributed by atoms with Crippen LogP contribution in [0, 0.1) is 12.8 Å². The number of aliphatic carboxylic acids is 1. The van der Waals surface area contributed by atoms with E-state index in [-0.39, 0.29) is 12.3 Å². The van der Waals surface area contributed by atoms with E-state index in [1.807, 2.05) is 6.92 Å². The maximum atomic E-state index is 10.6. The van der Waals surface area contributed by atoms with Gasteiger partial charge >= 0.3 is 5.97 Å². The summed E-state index contributed by atoms with van der Waals surface area (Å²) in [7, 11) is 0. The van der Waals surface area contributed by atoms with Crippen molar-refractivity contribution < 1.29 is 9.90 Å². The van der Waals surface area contributed by atoms with Gasteiger partial charge in [0.25, 0.3) is 0 Å². The van der Waals surface area contributed by atoms with Gasteiger partial charge in [0.15, 0.2) is 0 Å². The molecule has 0 saturated heterocycles. The second-order valence-electron chi connectivity index (χ2n) is 3.98. The zero-order valence-corrected chi connectivity index (χ0v) is 8.21. The van der Waals surface area contributed by atoms with Crippen molar-refractivity contribution in [3.63, 3.8) is 0 Å². The van der Waals surface area contributed by atoms with Crippen molar-refractivity contribution in [1.29, 1.82) is 0 Å². The smallest absolute Gasteiger partial charge is 0.303 e. The standard InChI is InChI=1S/C10H14N2O2/c1-6-8-4-7(5-10(13)14)2-3-9(8)12-11-6/h7H,2-5H2,1H3,(H,11,12)(H,13,14). The zero-order valence-electron chi connectivity index (χ0n) is 8.21. The Morgan fingerprint density at radius 2 is 2.50 bits per heavy atom. The molecule has 1 aliphatic carbocycles. The molecule has 0 amide bonds. The van der Waals surface area contributed by atoms with E-state index in [0.717, 1.165) is 30.7 Å². The summed E-state index contributed by atoms with van der Waals surface area (Å²) in [5.41, 5.74) is 3.46. The van der Waals surface area contributed by atoms with Crippen LogP contribution >= 0.6 is 0 Å². The van der Waals surface area contributed by atoms with Crippen molar-refractivity contribution in [2.75, 3.05) is 0 Å². The second-order valence-corrected chi connectivity index (χ2v) is 3.98. The Morgan fingerprint density at radius 1 is 1.71 bits per heavy atom. The molecule has 4 nitrogen and oxygen atoms in total. The highest BCUT2D eigenvalue weighted by Crippen LogP contribution is 2.27. The molecule has 1 aromatic heterocycles. The van der Waals surface area contributed by atoms with Crippen LogP contribution < -0.4 is 0 Å². The Kier molecular flexibility index (Phi) is 2.27. The molecule has 2 rings (SSSR count). The SMILES string of the molecule is Cc1[nH]nc2c1CC(CC(=O)O)CC2. The Balaban J connectivity index is 2.12. The second kappa shape index (κ2) is 3.44. The first kappa shape index (κ1) is 9.24. The van der Waals surface area contributed by atoms with Crippen LogP contribution in [0.15, 0.2) is 0 Å². The fraction of sp³-hybridized carbons (Fsp3) is 0.600. The van der Waals surface area contributed by atoms with Gasteiger partial charge in [0, 0.05) is 12.1 Å². The molecule has 0 aromatic carbocycles. The summed E-state index contributed by atoms with van der Waals surface area (Å²) in [5.74, 6) is -0.407. The summed E-state index contributed by atoms with van der Waals surface area (Å²) < 4.78 is 0. The highest BCUT2D eigenvalue weighted by molar-refractivity contribution is 5.67. The topological polar surface area (TPSA) is 66.0 Å². The van der Waals surface area contributed by atoms with Crippen molar-refractivity contribution in [3.05, 3.63) is 17.0 Å². The van der Waals surface area contributed by atoms with Gasteiger partial charge in [-0.2, -0.15) is 5.10 Å². The lowest BCUT2D eigenvalue weighted by molar-refractivity contribution is -0.138. The summed E-state index contributed by atoms with van der Waals surface area (Å²) in [6, 6.07) is 0. The van der Waals surface area contributed by atoms with Crippen LogP contribution in [0.5, 0.6) is 0 Å². The summed E-state index contributed by atoms with van der Waals surface area (Å²) in [6.45, 7) is 2.00. The number of carboxylic acids is 1. The number of carboxylic acid groups (broad SMARTS) is 1. The summed E-state index contributed by atoms with van der Waals surface area (Å²) >= 11 is 0. The van der Waals surface area contributed by atoms with Gasteiger partial charge in [0.05, 0.1) is 5.69 Å². The zero-order chi connectivity index (χ0) is 10.1. The number of fused-ring (bicyclic) bond motifs is 1. The summed E-state index contributed by atoms with van der Waals surface area (Å²) in [4.78, 5) is 10.6. The molecule has 0 fully saturated rings. The quantitative estimate of drug-likeness (QED) is 0.745. The van der Waals surface area contributed by atoms with Gasteiger partial charge in [-0.05, 0) is 37.7 Å². The Hall–Kier alpha value is -1.32. The molecule has 1 aliphatic rings. The molecule has 76 valence electrons. The molecule has 4 heteroatoms. The van der Waals surface area contributed by atoms with Gasteiger partial charge in [0.2, 0.25) is 0 Å². The highest BCUT2D eigenvalue weighted by atomic mass is 16.4. The van der Waals surface area contributed by atoms with E-state index < -0.39 is 5.97 Å². The number of nitrogens with one attached hydrogen (secondary N) is 1. The maximum absolute atomic E-state index is 10.6. The first-order valence-corrected chi connectivity index (χ1v) is 4.91. The highest BCUT2D eigenvalue weighted by Gasteiger charge is 2.23. The number of aryl methyl sites for hydroxylation is 2. The van der Waals surface area contributed by atoms with Gasteiger partial charge < -0.3 is 5.11 Å². The van der Waals surface area contributed by atoms with Crippen molar-refractivity contribution in [1.82, 2.24) is 10.2 Å². The third-order valence-electron chi connectivity index (χ3n) is 2.91. The molecular weight excluding hydrogens is 180 g/mol. The van der Waals surface area contributed by atoms with E-state index in [0.29, 0.717) is 0 Å². The molecule has 1 atom stereocenters. The van der Waals surface area contributed by atoms with Crippen LogP contribution in [0.25, 0.3) is 0 Å². The van der Waals surface area contributed by atoms with E-state index in [4.69, 9.17) is 5.11 Å². The Labute approximate surface area is 82.3 Å². The largest absolute Gasteiger partial charge is 0.481 e. The molecule has 0 spiro atoms. The van der Waals surface area contributed by atoms with Crippen molar-refractivity contribution in [2.24, 2.45) is 5.92 Å². The van der Waals surface area contributed by atoms with Crippen LogP contribution in [-0.4, -0.2) is 21.3 Å². The minimum atomic E-state index is -0.695. The van der Waals surface area contributed by atoms with E-state index >= 15 is 0 Å². The molecule has 0 aliphatic heterocycles. The van der Waals surface area contributed by atoms with Gasteiger partial charge in [-0.15, -0.1) is 0 Å². The van der Waals surface area contributed by atoms with Gasteiger partial charge in [-0.3, -0.25) is 9.89 Å². The predicted octanol–water partition coefficient (Wildman–Crippen LogP) is 1.30. The minimum Gasteiger partial charge on any atom is -0.481 e. The summed E-state index contributed by atoms with van der Waals surface area (Å²) in [5, 5.41) is 15.9. The van der Waals surface area contributed by atoms with Crippen LogP contribution in [0.1, 0.15) is 29.8 Å². The van der Waals surface area contributed by atoms with Crippen LogP contribution in [0.4, 0.5) is 0 Å². The Bertz CT molecular complexity index is 357. The minimum absolute atomic E-state index is 0.282. The third-order valence-corrected chi connectivity index (χ3v) is 2.91. The Morgan fingerprint density at radius 3 is 3.21 bits per heavy atom. The van der Waals surface area contributed by atoms with E-state index in [1.165, 1.54) is 5.56 Å². The number of nitrogens with zero attached hydrogens (tertiary/aromatic N) is 1. The van der Waals surface area contributed by atoms with Gasteiger partial charge in [0.1, 0.15) is 0 Å². The maximum Gasteiger partial charge on any atom is 0.303 e. The molecule has 1 aromatic rings. The number of hydrogen-bond acceptors (Lipinski definition) is 2. The van der Waals surface area contributed by atoms with Gasteiger partial charge in [-0.25, -0.2) is 0 Å². The van der Waals surface area contributed by atoms with Crippen molar-refractivity contribution in [2.45, 2.75) is 32.6 Å². The molecule has 2 N–H and O–H groups in total. The first-order valence-electron chi connectivity index (χ1n) is 4.91. The molecule has 14 heavy (non-hydrogen) atoms. The summed E-state index contributed by atoms with van der Waals surface area (Å²) in [6.07, 6.45) is 3.01. The number of aromatic nitrogens is 2. The molecule has 1 unspecified atom stereocenters. The lowest BCUT2D eigenvalue weighted by atomic mass is 9.85. The average Bonchev–Trinajstić information content (AvgIpc) is 2.47. The molecule has 0 bridgehead atoms. The van der Waals surface area contributed by atoms with Crippen LogP contribution in [0.2, 0.25) is 0 Å². The van der Waals surface area contributed by atoms with E-state index in [2.05, 4.69) is 10.2 Å². The number of rotatable bonds is 2. The monoisotopic (exact) mass is 194 g/mol. The third kappa shape index (κ3) is 1.64. The molecule has 0 radical (unpaired) electrons. The van der Waals surface area contributed by atoms with Crippen LogP contribution in [0.3, 0.4) is 0 Å². The lowest BCUT2D eigenvalue weighted by Gasteiger charge is -2.19. The average molecular weight is 194 g/mol. The fourth-order valence-electron chi connectivity index (χ4n) is 2.13. The number of carbonyl (C=O) groups is 1. The van der Waals surface area contributed by atoms with Crippen molar-refractivity contribution in [3.8, 4) is 0 Å². The predicted molar refractivity (Wildman–Crippen MR) is 51.1 cm³/mol. The van der Waals surface area contributed by atoms with E-state index in [9.17, 15) is 4.79 Å². The number of aromatic amines is 1. The molecule has 1 heterocycles. The molecule has 0 saturated carbocycles. The lowest BCUT2D eigenvalue weighted by Crippen LogP contribution is -2.17. The molecular formula is C10H14N2O2. The normalized spacial score (nSPS) is 20.5. The van der Waals surface area contributed by atoms with Crippen molar-refractivity contribution >= 4 is 5.97 Å². The fourth-order valence-corrected chi connectivity index (χ4v) is 2.13. The van der Waals surface area contributed by atoms with Crippen LogP contribution in [-0.2, 0) is 17.6 Å². The number of H-pyrrole nitrogens is 1. The first-order chi connectivity index (χ1) is 6.66. The number of hydrogen-bond donors (Lipinski definition) is 2.